The predicted octanol–water partition coefficient (Wildman–Crippen LogP) is 2.89. The van der Waals surface area contributed by atoms with Gasteiger partial charge in [-0.3, -0.25) is 0 Å². The minimum atomic E-state index is -4.37. The van der Waals surface area contributed by atoms with Gasteiger partial charge in [0.15, 0.2) is 5.82 Å². The maximum atomic E-state index is 12.5. The summed E-state index contributed by atoms with van der Waals surface area (Å²) >= 11 is 0. The van der Waals surface area contributed by atoms with Gasteiger partial charge in [0.1, 0.15) is 5.92 Å². The van der Waals surface area contributed by atoms with Crippen LogP contribution in [0.15, 0.2) is 4.52 Å². The van der Waals surface area contributed by atoms with Crippen molar-refractivity contribution in [2.75, 3.05) is 0 Å². The number of alkyl halides is 3. The van der Waals surface area contributed by atoms with Crippen molar-refractivity contribution in [1.82, 2.24) is 10.1 Å². The molecule has 1 saturated carbocycles. The summed E-state index contributed by atoms with van der Waals surface area (Å²) in [7, 11) is 0. The Balaban J connectivity index is 0.00000162. The van der Waals surface area contributed by atoms with E-state index in [2.05, 4.69) is 14.7 Å². The van der Waals surface area contributed by atoms with Crippen LogP contribution in [0.2, 0.25) is 0 Å². The summed E-state index contributed by atoms with van der Waals surface area (Å²) in [4.78, 5) is 3.81. The van der Waals surface area contributed by atoms with Gasteiger partial charge in [-0.1, -0.05) is 18.0 Å². The highest BCUT2D eigenvalue weighted by molar-refractivity contribution is 5.85. The van der Waals surface area contributed by atoms with Crippen molar-refractivity contribution in [3.05, 3.63) is 11.7 Å². The minimum Gasteiger partial charge on any atom is -0.339 e. The third kappa shape index (κ3) is 2.77. The Kier molecular flexibility index (Phi) is 4.27. The molecule has 1 aliphatic carbocycles. The second-order valence-corrected chi connectivity index (χ2v) is 4.58. The molecule has 4 nitrogen and oxygen atoms in total. The van der Waals surface area contributed by atoms with Crippen LogP contribution >= 0.6 is 12.4 Å². The van der Waals surface area contributed by atoms with Crippen molar-refractivity contribution in [2.45, 2.75) is 50.2 Å². The number of halogens is 4. The first-order chi connectivity index (χ1) is 7.83. The second kappa shape index (κ2) is 5.05. The van der Waals surface area contributed by atoms with Crippen molar-refractivity contribution in [3.8, 4) is 0 Å². The summed E-state index contributed by atoms with van der Waals surface area (Å²) < 4.78 is 42.0. The van der Waals surface area contributed by atoms with Crippen LogP contribution in [0.4, 0.5) is 13.2 Å². The number of aromatic nitrogens is 2. The molecule has 18 heavy (non-hydrogen) atoms. The number of rotatable bonds is 2. The van der Waals surface area contributed by atoms with Crippen molar-refractivity contribution in [2.24, 2.45) is 5.73 Å². The van der Waals surface area contributed by atoms with Crippen LogP contribution in [-0.4, -0.2) is 16.3 Å². The summed E-state index contributed by atoms with van der Waals surface area (Å²) in [5, 5.41) is 3.59. The first-order valence-corrected chi connectivity index (χ1v) is 5.52. The molecule has 1 heterocycles. The quantitative estimate of drug-likeness (QED) is 0.907. The number of hydrogen-bond donors (Lipinski definition) is 1. The van der Waals surface area contributed by atoms with E-state index in [0.717, 1.165) is 19.8 Å². The molecule has 1 atom stereocenters. The maximum Gasteiger partial charge on any atom is 0.400 e. The van der Waals surface area contributed by atoms with Gasteiger partial charge in [0.25, 0.3) is 0 Å². The van der Waals surface area contributed by atoms with Crippen LogP contribution in [0.25, 0.3) is 0 Å². The average molecular weight is 286 g/mol. The Hall–Kier alpha value is -0.820. The Bertz CT molecular complexity index is 401. The molecule has 0 spiro atoms. The fourth-order valence-electron chi connectivity index (χ4n) is 1.98. The average Bonchev–Trinajstić information content (AvgIpc) is 2.84. The van der Waals surface area contributed by atoms with E-state index >= 15 is 0 Å². The monoisotopic (exact) mass is 285 g/mol. The molecule has 1 aliphatic rings. The highest BCUT2D eigenvalue weighted by Crippen LogP contribution is 2.37. The first kappa shape index (κ1) is 15.2. The lowest BCUT2D eigenvalue weighted by Gasteiger charge is -2.18. The molecule has 0 aliphatic heterocycles. The van der Waals surface area contributed by atoms with Gasteiger partial charge in [-0.15, -0.1) is 12.4 Å². The van der Waals surface area contributed by atoms with Crippen molar-refractivity contribution < 1.29 is 17.7 Å². The lowest BCUT2D eigenvalue weighted by Crippen LogP contribution is -2.34. The molecule has 1 aromatic heterocycles. The molecule has 0 saturated heterocycles. The third-order valence-corrected chi connectivity index (χ3v) is 3.24. The van der Waals surface area contributed by atoms with Crippen molar-refractivity contribution >= 4 is 12.4 Å². The smallest absolute Gasteiger partial charge is 0.339 e. The Morgan fingerprint density at radius 1 is 1.33 bits per heavy atom. The molecule has 104 valence electrons. The van der Waals surface area contributed by atoms with E-state index in [1.807, 2.05) is 0 Å². The van der Waals surface area contributed by atoms with Crippen LogP contribution in [0, 0.1) is 0 Å². The lowest BCUT2D eigenvalue weighted by atomic mass is 9.98. The van der Waals surface area contributed by atoms with Crippen LogP contribution in [0.5, 0.6) is 0 Å². The molecule has 0 bridgehead atoms. The van der Waals surface area contributed by atoms with E-state index in [-0.39, 0.29) is 18.2 Å². The fourth-order valence-corrected chi connectivity index (χ4v) is 1.98. The predicted molar refractivity (Wildman–Crippen MR) is 60.3 cm³/mol. The number of nitrogens with two attached hydrogens (primary N) is 1. The van der Waals surface area contributed by atoms with Gasteiger partial charge in [0.2, 0.25) is 5.89 Å². The number of hydrogen-bond acceptors (Lipinski definition) is 4. The summed E-state index contributed by atoms with van der Waals surface area (Å²) in [5.41, 5.74) is 5.32. The Labute approximate surface area is 109 Å². The molecule has 2 N–H and O–H groups in total. The van der Waals surface area contributed by atoms with Crippen LogP contribution in [0.1, 0.15) is 50.2 Å². The van der Waals surface area contributed by atoms with Crippen LogP contribution in [-0.2, 0) is 5.54 Å². The molecule has 1 unspecified atom stereocenters. The minimum absolute atomic E-state index is 0. The number of nitrogens with zero attached hydrogens (tertiary/aromatic N) is 2. The normalized spacial score (nSPS) is 20.5. The van der Waals surface area contributed by atoms with E-state index in [4.69, 9.17) is 5.73 Å². The molecule has 1 fully saturated rings. The highest BCUT2D eigenvalue weighted by Gasteiger charge is 2.43. The molecule has 2 rings (SSSR count). The third-order valence-electron chi connectivity index (χ3n) is 3.24. The van der Waals surface area contributed by atoms with Gasteiger partial charge < -0.3 is 10.3 Å². The van der Waals surface area contributed by atoms with Gasteiger partial charge in [0.05, 0.1) is 5.54 Å². The van der Waals surface area contributed by atoms with Crippen molar-refractivity contribution in [1.29, 1.82) is 0 Å². The van der Waals surface area contributed by atoms with Gasteiger partial charge in [-0.2, -0.15) is 18.2 Å². The van der Waals surface area contributed by atoms with E-state index in [0.29, 0.717) is 12.8 Å². The molecular weight excluding hydrogens is 271 g/mol. The summed E-state index contributed by atoms with van der Waals surface area (Å²) in [6.07, 6.45) is -1.12. The zero-order valence-corrected chi connectivity index (χ0v) is 10.6. The SMILES string of the molecule is CC(c1nc(C2(N)CCCC2)no1)C(F)(F)F.Cl. The first-order valence-electron chi connectivity index (χ1n) is 5.52. The molecular formula is C10H15ClF3N3O. The largest absolute Gasteiger partial charge is 0.400 e. The van der Waals surface area contributed by atoms with Gasteiger partial charge >= 0.3 is 6.18 Å². The zero-order valence-electron chi connectivity index (χ0n) is 9.83. The van der Waals surface area contributed by atoms with Crippen LogP contribution < -0.4 is 5.73 Å². The lowest BCUT2D eigenvalue weighted by molar-refractivity contribution is -0.151. The summed E-state index contributed by atoms with van der Waals surface area (Å²) in [6.45, 7) is 0.995. The van der Waals surface area contributed by atoms with Gasteiger partial charge in [-0.05, 0) is 19.8 Å². The zero-order chi connectivity index (χ0) is 12.7. The second-order valence-electron chi connectivity index (χ2n) is 4.58. The fraction of sp³-hybridized carbons (Fsp3) is 0.800. The van der Waals surface area contributed by atoms with E-state index in [1.54, 1.807) is 0 Å². The van der Waals surface area contributed by atoms with Gasteiger partial charge in [-0.25, -0.2) is 0 Å². The summed E-state index contributed by atoms with van der Waals surface area (Å²) in [5.74, 6) is -1.97. The van der Waals surface area contributed by atoms with E-state index in [9.17, 15) is 13.2 Å². The Morgan fingerprint density at radius 2 is 1.89 bits per heavy atom. The molecule has 0 aromatic carbocycles. The van der Waals surface area contributed by atoms with E-state index < -0.39 is 23.5 Å². The standard InChI is InChI=1S/C10H14F3N3O.ClH/c1-6(10(11,12)13)7-15-8(16-17-7)9(14)4-2-3-5-9;/h6H,2-5,14H2,1H3;1H. The van der Waals surface area contributed by atoms with E-state index in [1.165, 1.54) is 0 Å². The van der Waals surface area contributed by atoms with Crippen molar-refractivity contribution in [3.63, 3.8) is 0 Å². The molecule has 0 amide bonds. The maximum absolute atomic E-state index is 12.5. The Morgan fingerprint density at radius 3 is 2.39 bits per heavy atom. The van der Waals surface area contributed by atoms with Crippen LogP contribution in [0.3, 0.4) is 0 Å². The summed E-state index contributed by atoms with van der Waals surface area (Å²) in [6, 6.07) is 0. The van der Waals surface area contributed by atoms with Gasteiger partial charge in [0, 0.05) is 0 Å². The molecule has 8 heteroatoms. The molecule has 0 radical (unpaired) electrons. The molecule has 1 aromatic rings. The topological polar surface area (TPSA) is 64.9 Å². The highest BCUT2D eigenvalue weighted by atomic mass is 35.5.